The summed E-state index contributed by atoms with van der Waals surface area (Å²) in [4.78, 5) is 12.7. The van der Waals surface area contributed by atoms with E-state index in [-0.39, 0.29) is 5.75 Å². The second-order valence-electron chi connectivity index (χ2n) is 6.00. The molecule has 1 N–H and O–H groups in total. The molecule has 5 nitrogen and oxygen atoms in total. The third-order valence-corrected chi connectivity index (χ3v) is 5.54. The van der Waals surface area contributed by atoms with E-state index in [1.807, 2.05) is 30.3 Å². The molecule has 22 heavy (non-hydrogen) atoms. The Morgan fingerprint density at radius 3 is 2.45 bits per heavy atom. The molecule has 2 rings (SSSR count). The Morgan fingerprint density at radius 2 is 1.91 bits per heavy atom. The summed E-state index contributed by atoms with van der Waals surface area (Å²) in [6.45, 7) is 1.98. The summed E-state index contributed by atoms with van der Waals surface area (Å²) in [5, 5.41) is 8.65. The maximum atomic E-state index is 11.8. The molecule has 0 unspecified atom stereocenters. The minimum Gasteiger partial charge on any atom is -0.480 e. The molecule has 0 spiro atoms. The van der Waals surface area contributed by atoms with E-state index in [2.05, 4.69) is 4.90 Å². The van der Waals surface area contributed by atoms with E-state index in [4.69, 9.17) is 5.11 Å². The molecule has 1 aliphatic carbocycles. The predicted octanol–water partition coefficient (Wildman–Crippen LogP) is 1.79. The summed E-state index contributed by atoms with van der Waals surface area (Å²) in [6, 6.07) is 9.95. The van der Waals surface area contributed by atoms with Crippen molar-refractivity contribution >= 4 is 15.8 Å². The Morgan fingerprint density at radius 1 is 1.23 bits per heavy atom. The van der Waals surface area contributed by atoms with Gasteiger partial charge in [-0.25, -0.2) is 8.42 Å². The maximum Gasteiger partial charge on any atom is 0.318 e. The molecule has 122 valence electrons. The van der Waals surface area contributed by atoms with Gasteiger partial charge in [-0.05, 0) is 24.3 Å². The van der Waals surface area contributed by atoms with E-state index in [9.17, 15) is 13.2 Å². The van der Waals surface area contributed by atoms with Crippen molar-refractivity contribution in [3.05, 3.63) is 35.9 Å². The number of hydrogen-bond acceptors (Lipinski definition) is 4. The highest BCUT2D eigenvalue weighted by atomic mass is 32.2. The van der Waals surface area contributed by atoms with Gasteiger partial charge < -0.3 is 5.11 Å². The predicted molar refractivity (Wildman–Crippen MR) is 85.3 cm³/mol. The van der Waals surface area contributed by atoms with Gasteiger partial charge in [-0.1, -0.05) is 36.8 Å². The highest BCUT2D eigenvalue weighted by molar-refractivity contribution is 7.92. The third-order valence-electron chi connectivity index (χ3n) is 4.05. The molecule has 0 aromatic heterocycles. The van der Waals surface area contributed by atoms with Gasteiger partial charge in [0.15, 0.2) is 9.84 Å². The van der Waals surface area contributed by atoms with Gasteiger partial charge in [0.25, 0.3) is 0 Å². The van der Waals surface area contributed by atoms with Gasteiger partial charge in [0.2, 0.25) is 0 Å². The number of carbonyl (C=O) groups is 1. The van der Waals surface area contributed by atoms with Crippen LogP contribution in [-0.2, 0) is 21.2 Å². The van der Waals surface area contributed by atoms with Crippen LogP contribution < -0.4 is 0 Å². The van der Waals surface area contributed by atoms with Crippen LogP contribution in [0.1, 0.15) is 24.8 Å². The molecule has 1 aromatic rings. The first-order chi connectivity index (χ1) is 10.4. The maximum absolute atomic E-state index is 11.8. The van der Waals surface area contributed by atoms with Gasteiger partial charge >= 0.3 is 5.97 Å². The summed E-state index contributed by atoms with van der Waals surface area (Å²) in [6.07, 6.45) is 3.65. The van der Waals surface area contributed by atoms with Crippen molar-refractivity contribution in [1.82, 2.24) is 4.90 Å². The van der Waals surface area contributed by atoms with E-state index in [0.29, 0.717) is 19.0 Å². The molecule has 0 bridgehead atoms. The summed E-state index contributed by atoms with van der Waals surface area (Å²) < 4.78 is 23.5. The van der Waals surface area contributed by atoms with Gasteiger partial charge in [-0.2, -0.15) is 0 Å². The quantitative estimate of drug-likeness (QED) is 0.749. The molecule has 1 fully saturated rings. The zero-order valence-corrected chi connectivity index (χ0v) is 13.5. The van der Waals surface area contributed by atoms with E-state index < -0.39 is 21.6 Å². The number of carboxylic acid groups (broad SMARTS) is 1. The van der Waals surface area contributed by atoms with Crippen LogP contribution in [0.3, 0.4) is 0 Å². The van der Waals surface area contributed by atoms with Crippen molar-refractivity contribution in [2.24, 2.45) is 5.92 Å². The van der Waals surface area contributed by atoms with Crippen molar-refractivity contribution in [3.8, 4) is 0 Å². The van der Waals surface area contributed by atoms with Crippen LogP contribution in [0.25, 0.3) is 0 Å². The van der Waals surface area contributed by atoms with Crippen LogP contribution in [0, 0.1) is 5.92 Å². The van der Waals surface area contributed by atoms with Crippen LogP contribution in [0.4, 0.5) is 0 Å². The van der Waals surface area contributed by atoms with Gasteiger partial charge in [0.1, 0.15) is 5.75 Å². The number of rotatable bonds is 9. The first-order valence-corrected chi connectivity index (χ1v) is 9.45. The largest absolute Gasteiger partial charge is 0.480 e. The van der Waals surface area contributed by atoms with Gasteiger partial charge in [0, 0.05) is 19.6 Å². The van der Waals surface area contributed by atoms with Gasteiger partial charge in [0.05, 0.1) is 5.75 Å². The molecule has 0 radical (unpaired) electrons. The SMILES string of the molecule is O=C(O)CS(=O)(=O)CCN(Cc1ccccc1)CC1CCC1. The molecule has 1 aromatic carbocycles. The summed E-state index contributed by atoms with van der Waals surface area (Å²) in [5.74, 6) is -1.52. The number of benzene rings is 1. The number of aliphatic carboxylic acids is 1. The molecule has 0 amide bonds. The first-order valence-electron chi connectivity index (χ1n) is 7.63. The number of nitrogens with zero attached hydrogens (tertiary/aromatic N) is 1. The third kappa shape index (κ3) is 5.77. The van der Waals surface area contributed by atoms with Crippen molar-refractivity contribution in [2.45, 2.75) is 25.8 Å². The van der Waals surface area contributed by atoms with E-state index >= 15 is 0 Å². The Balaban J connectivity index is 1.93. The zero-order valence-electron chi connectivity index (χ0n) is 12.6. The average Bonchev–Trinajstić information content (AvgIpc) is 2.39. The Labute approximate surface area is 131 Å². The first kappa shape index (κ1) is 17.0. The standard InChI is InChI=1S/C16H23NO4S/c18-16(19)13-22(20,21)10-9-17(12-15-7-4-8-15)11-14-5-2-1-3-6-14/h1-3,5-6,15H,4,7-13H2,(H,18,19). The van der Waals surface area contributed by atoms with Crippen molar-refractivity contribution in [2.75, 3.05) is 24.6 Å². The van der Waals surface area contributed by atoms with Gasteiger partial charge in [-0.3, -0.25) is 9.69 Å². The molecule has 0 aliphatic heterocycles. The Hall–Kier alpha value is -1.40. The normalized spacial score (nSPS) is 15.7. The molecule has 0 heterocycles. The lowest BCUT2D eigenvalue weighted by Crippen LogP contribution is -2.36. The molecule has 6 heteroatoms. The summed E-state index contributed by atoms with van der Waals surface area (Å²) in [7, 11) is -3.53. The highest BCUT2D eigenvalue weighted by Gasteiger charge is 2.23. The van der Waals surface area contributed by atoms with Crippen LogP contribution in [-0.4, -0.2) is 49.0 Å². The molecular formula is C16H23NO4S. The fraction of sp³-hybridized carbons (Fsp3) is 0.562. The van der Waals surface area contributed by atoms with E-state index in [1.165, 1.54) is 19.3 Å². The average molecular weight is 325 g/mol. The molecule has 0 atom stereocenters. The molecule has 1 aliphatic rings. The lowest BCUT2D eigenvalue weighted by molar-refractivity contribution is -0.134. The number of carboxylic acids is 1. The van der Waals surface area contributed by atoms with Crippen LogP contribution in [0.15, 0.2) is 30.3 Å². The van der Waals surface area contributed by atoms with Crippen LogP contribution in [0.2, 0.25) is 0 Å². The fourth-order valence-electron chi connectivity index (χ4n) is 2.65. The van der Waals surface area contributed by atoms with Crippen molar-refractivity contribution in [1.29, 1.82) is 0 Å². The van der Waals surface area contributed by atoms with E-state index in [0.717, 1.165) is 12.1 Å². The summed E-state index contributed by atoms with van der Waals surface area (Å²) in [5.41, 5.74) is 1.15. The number of hydrogen-bond donors (Lipinski definition) is 1. The second-order valence-corrected chi connectivity index (χ2v) is 8.19. The molecule has 1 saturated carbocycles. The van der Waals surface area contributed by atoms with Crippen molar-refractivity contribution in [3.63, 3.8) is 0 Å². The monoisotopic (exact) mass is 325 g/mol. The minimum absolute atomic E-state index is 0.0984. The molecular weight excluding hydrogens is 302 g/mol. The minimum atomic E-state index is -3.53. The van der Waals surface area contributed by atoms with Crippen molar-refractivity contribution < 1.29 is 18.3 Å². The zero-order chi connectivity index (χ0) is 16.0. The lowest BCUT2D eigenvalue weighted by atomic mass is 9.85. The van der Waals surface area contributed by atoms with Gasteiger partial charge in [-0.15, -0.1) is 0 Å². The summed E-state index contributed by atoms with van der Waals surface area (Å²) >= 11 is 0. The Kier molecular flexibility index (Phi) is 5.97. The Bertz CT molecular complexity index is 581. The van der Waals surface area contributed by atoms with Crippen LogP contribution >= 0.6 is 0 Å². The fourth-order valence-corrected chi connectivity index (χ4v) is 3.70. The smallest absolute Gasteiger partial charge is 0.318 e. The highest BCUT2D eigenvalue weighted by Crippen LogP contribution is 2.27. The second kappa shape index (κ2) is 7.74. The number of sulfone groups is 1. The topological polar surface area (TPSA) is 74.7 Å². The van der Waals surface area contributed by atoms with Crippen LogP contribution in [0.5, 0.6) is 0 Å². The lowest BCUT2D eigenvalue weighted by Gasteiger charge is -2.32. The molecule has 0 saturated heterocycles. The van der Waals surface area contributed by atoms with E-state index in [1.54, 1.807) is 0 Å².